The van der Waals surface area contributed by atoms with Crippen molar-refractivity contribution < 1.29 is 14.7 Å². The molecule has 5 nitrogen and oxygen atoms in total. The van der Waals surface area contributed by atoms with Crippen LogP contribution in [0.4, 0.5) is 0 Å². The molecule has 0 aromatic rings. The summed E-state index contributed by atoms with van der Waals surface area (Å²) in [6, 6.07) is -0.696. The predicted molar refractivity (Wildman–Crippen MR) is 75.9 cm³/mol. The first-order valence-corrected chi connectivity index (χ1v) is 6.38. The van der Waals surface area contributed by atoms with E-state index in [1.165, 1.54) is 0 Å². The third-order valence-corrected chi connectivity index (χ3v) is 2.56. The summed E-state index contributed by atoms with van der Waals surface area (Å²) in [5, 5.41) is 11.8. The summed E-state index contributed by atoms with van der Waals surface area (Å²) in [4.78, 5) is 24.5. The van der Waals surface area contributed by atoms with E-state index >= 15 is 0 Å². The van der Waals surface area contributed by atoms with Crippen LogP contribution in [0.2, 0.25) is 0 Å². The van der Waals surface area contributed by atoms with Gasteiger partial charge in [-0.1, -0.05) is 26.0 Å². The van der Waals surface area contributed by atoms with Crippen LogP contribution in [0.1, 0.15) is 20.3 Å². The third-order valence-electron chi connectivity index (χ3n) is 2.56. The first kappa shape index (κ1) is 17.4. The van der Waals surface area contributed by atoms with E-state index in [0.29, 0.717) is 19.5 Å². The van der Waals surface area contributed by atoms with E-state index in [1.807, 2.05) is 13.8 Å². The number of rotatable bonds is 10. The largest absolute Gasteiger partial charge is 0.480 e. The number of carbonyl (C=O) groups excluding carboxylic acids is 1. The Bertz CT molecular complexity index is 317. The van der Waals surface area contributed by atoms with Crippen LogP contribution in [0.25, 0.3) is 0 Å². The minimum atomic E-state index is -0.930. The maximum atomic E-state index is 11.9. The van der Waals surface area contributed by atoms with E-state index in [-0.39, 0.29) is 18.4 Å². The van der Waals surface area contributed by atoms with Crippen molar-refractivity contribution in [1.29, 1.82) is 0 Å². The van der Waals surface area contributed by atoms with Crippen molar-refractivity contribution in [2.24, 2.45) is 5.92 Å². The van der Waals surface area contributed by atoms with Crippen LogP contribution in [-0.4, -0.2) is 47.6 Å². The van der Waals surface area contributed by atoms with Gasteiger partial charge in [-0.05, 0) is 12.3 Å². The third kappa shape index (κ3) is 7.41. The Kier molecular flexibility index (Phi) is 8.53. The summed E-state index contributed by atoms with van der Waals surface area (Å²) < 4.78 is 0. The van der Waals surface area contributed by atoms with E-state index in [4.69, 9.17) is 5.11 Å². The normalized spacial score (nSPS) is 11.9. The monoisotopic (exact) mass is 268 g/mol. The highest BCUT2D eigenvalue weighted by molar-refractivity contribution is 5.80. The van der Waals surface area contributed by atoms with Crippen LogP contribution >= 0.6 is 0 Å². The number of amides is 1. The van der Waals surface area contributed by atoms with Gasteiger partial charge >= 0.3 is 5.97 Å². The number of carboxylic acids is 1. The van der Waals surface area contributed by atoms with Crippen molar-refractivity contribution >= 4 is 11.9 Å². The SMILES string of the molecule is C=CCN(CC=C)C(=O)CNC(CC(C)C)C(=O)O. The molecule has 19 heavy (non-hydrogen) atoms. The Hall–Kier alpha value is -1.62. The number of carboxylic acid groups (broad SMARTS) is 1. The predicted octanol–water partition coefficient (Wildman–Crippen LogP) is 1.28. The highest BCUT2D eigenvalue weighted by atomic mass is 16.4. The van der Waals surface area contributed by atoms with Gasteiger partial charge < -0.3 is 10.0 Å². The minimum absolute atomic E-state index is 0.00532. The number of hydrogen-bond donors (Lipinski definition) is 2. The maximum absolute atomic E-state index is 11.9. The second-order valence-electron chi connectivity index (χ2n) is 4.78. The molecule has 0 aliphatic rings. The van der Waals surface area contributed by atoms with Gasteiger partial charge in [0.05, 0.1) is 6.54 Å². The summed E-state index contributed by atoms with van der Waals surface area (Å²) in [6.07, 6.45) is 3.75. The lowest BCUT2D eigenvalue weighted by atomic mass is 10.0. The number of hydrogen-bond acceptors (Lipinski definition) is 3. The molecule has 2 N–H and O–H groups in total. The van der Waals surface area contributed by atoms with E-state index in [9.17, 15) is 9.59 Å². The fourth-order valence-corrected chi connectivity index (χ4v) is 1.66. The molecule has 0 saturated heterocycles. The summed E-state index contributed by atoms with van der Waals surface area (Å²) in [5.41, 5.74) is 0. The molecule has 0 fully saturated rings. The van der Waals surface area contributed by atoms with Gasteiger partial charge in [-0.25, -0.2) is 0 Å². The van der Waals surface area contributed by atoms with Gasteiger partial charge in [0.15, 0.2) is 0 Å². The van der Waals surface area contributed by atoms with Gasteiger partial charge in [0.2, 0.25) is 5.91 Å². The molecule has 0 radical (unpaired) electrons. The number of nitrogens with zero attached hydrogens (tertiary/aromatic N) is 1. The van der Waals surface area contributed by atoms with Crippen LogP contribution in [0, 0.1) is 5.92 Å². The Balaban J connectivity index is 4.39. The zero-order chi connectivity index (χ0) is 14.8. The van der Waals surface area contributed by atoms with Crippen LogP contribution in [-0.2, 0) is 9.59 Å². The lowest BCUT2D eigenvalue weighted by Crippen LogP contribution is -2.45. The highest BCUT2D eigenvalue weighted by Gasteiger charge is 2.20. The molecule has 108 valence electrons. The molecule has 0 spiro atoms. The summed E-state index contributed by atoms with van der Waals surface area (Å²) in [7, 11) is 0. The molecule has 0 aromatic heterocycles. The summed E-state index contributed by atoms with van der Waals surface area (Å²) in [5.74, 6) is -0.837. The topological polar surface area (TPSA) is 69.6 Å². The first-order chi connectivity index (χ1) is 8.92. The average Bonchev–Trinajstić information content (AvgIpc) is 2.33. The second kappa shape index (κ2) is 9.33. The fraction of sp³-hybridized carbons (Fsp3) is 0.571. The van der Waals surface area contributed by atoms with Crippen LogP contribution in [0.15, 0.2) is 25.3 Å². The number of nitrogens with one attached hydrogen (secondary N) is 1. The average molecular weight is 268 g/mol. The quantitative estimate of drug-likeness (QED) is 0.586. The Morgan fingerprint density at radius 2 is 1.79 bits per heavy atom. The molecule has 1 unspecified atom stereocenters. The fourth-order valence-electron chi connectivity index (χ4n) is 1.66. The van der Waals surface area contributed by atoms with Gasteiger partial charge in [0.25, 0.3) is 0 Å². The van der Waals surface area contributed by atoms with Gasteiger partial charge in [-0.15, -0.1) is 13.2 Å². The molecule has 0 rings (SSSR count). The number of aliphatic carboxylic acids is 1. The van der Waals surface area contributed by atoms with E-state index < -0.39 is 12.0 Å². The Morgan fingerprint density at radius 3 is 2.16 bits per heavy atom. The molecule has 1 atom stereocenters. The zero-order valence-electron chi connectivity index (χ0n) is 11.8. The lowest BCUT2D eigenvalue weighted by molar-refractivity contribution is -0.140. The smallest absolute Gasteiger partial charge is 0.320 e. The molecule has 0 aliphatic heterocycles. The molecule has 0 aromatic carbocycles. The Labute approximate surface area is 115 Å². The lowest BCUT2D eigenvalue weighted by Gasteiger charge is -2.21. The van der Waals surface area contributed by atoms with Gasteiger partial charge in [-0.3, -0.25) is 14.9 Å². The first-order valence-electron chi connectivity index (χ1n) is 6.38. The van der Waals surface area contributed by atoms with E-state index in [0.717, 1.165) is 0 Å². The van der Waals surface area contributed by atoms with Crippen molar-refractivity contribution in [1.82, 2.24) is 10.2 Å². The van der Waals surface area contributed by atoms with Crippen molar-refractivity contribution in [2.45, 2.75) is 26.3 Å². The van der Waals surface area contributed by atoms with Gasteiger partial charge in [0, 0.05) is 13.1 Å². The molecular weight excluding hydrogens is 244 g/mol. The summed E-state index contributed by atoms with van der Waals surface area (Å²) >= 11 is 0. The number of carbonyl (C=O) groups is 2. The van der Waals surface area contributed by atoms with Crippen LogP contribution < -0.4 is 5.32 Å². The van der Waals surface area contributed by atoms with Crippen LogP contribution in [0.3, 0.4) is 0 Å². The van der Waals surface area contributed by atoms with Crippen molar-refractivity contribution in [2.75, 3.05) is 19.6 Å². The standard InChI is InChI=1S/C14H24N2O3/c1-5-7-16(8-6-2)13(17)10-15-12(14(18)19)9-11(3)4/h5-6,11-12,15H,1-2,7-10H2,3-4H3,(H,18,19). The molecule has 5 heteroatoms. The molecule has 0 bridgehead atoms. The highest BCUT2D eigenvalue weighted by Crippen LogP contribution is 2.04. The van der Waals surface area contributed by atoms with Crippen molar-refractivity contribution in [3.63, 3.8) is 0 Å². The molecule has 0 saturated carbocycles. The minimum Gasteiger partial charge on any atom is -0.480 e. The summed E-state index contributed by atoms with van der Waals surface area (Å²) in [6.45, 7) is 11.9. The molecule has 1 amide bonds. The Morgan fingerprint density at radius 1 is 1.26 bits per heavy atom. The second-order valence-corrected chi connectivity index (χ2v) is 4.78. The van der Waals surface area contributed by atoms with E-state index in [1.54, 1.807) is 17.1 Å². The van der Waals surface area contributed by atoms with Gasteiger partial charge in [-0.2, -0.15) is 0 Å². The van der Waals surface area contributed by atoms with Gasteiger partial charge in [0.1, 0.15) is 6.04 Å². The molecular formula is C14H24N2O3. The molecule has 0 aliphatic carbocycles. The van der Waals surface area contributed by atoms with Crippen LogP contribution in [0.5, 0.6) is 0 Å². The maximum Gasteiger partial charge on any atom is 0.320 e. The van der Waals surface area contributed by atoms with Crippen molar-refractivity contribution in [3.05, 3.63) is 25.3 Å². The molecule has 0 heterocycles. The van der Waals surface area contributed by atoms with Crippen molar-refractivity contribution in [3.8, 4) is 0 Å². The van der Waals surface area contributed by atoms with E-state index in [2.05, 4.69) is 18.5 Å². The zero-order valence-corrected chi connectivity index (χ0v) is 11.8.